The summed E-state index contributed by atoms with van der Waals surface area (Å²) >= 11 is 3.39. The van der Waals surface area contributed by atoms with Crippen molar-refractivity contribution in [2.75, 3.05) is 0 Å². The second-order valence-corrected chi connectivity index (χ2v) is 5.23. The molecule has 2 aromatic rings. The first kappa shape index (κ1) is 9.86. The van der Waals surface area contributed by atoms with Crippen molar-refractivity contribution in [1.82, 2.24) is 9.97 Å². The van der Waals surface area contributed by atoms with Crippen LogP contribution in [0.25, 0.3) is 11.0 Å². The van der Waals surface area contributed by atoms with Crippen LogP contribution in [0.15, 0.2) is 22.8 Å². The first-order valence-electron chi connectivity index (χ1n) is 5.29. The molecule has 0 unspecified atom stereocenters. The molecule has 4 heteroatoms. The number of hydrogen-bond donors (Lipinski definition) is 1. The van der Waals surface area contributed by atoms with Gasteiger partial charge in [0.05, 0.1) is 22.5 Å². The maximum absolute atomic E-state index is 9.27. The molecule has 0 spiro atoms. The summed E-state index contributed by atoms with van der Waals surface area (Å²) in [6.45, 7) is 0. The van der Waals surface area contributed by atoms with Crippen LogP contribution in [0.1, 0.15) is 25.0 Å². The van der Waals surface area contributed by atoms with Crippen LogP contribution in [-0.2, 0) is 5.41 Å². The molecule has 1 saturated carbocycles. The van der Waals surface area contributed by atoms with Crippen molar-refractivity contribution in [3.05, 3.63) is 28.5 Å². The molecule has 3 nitrogen and oxygen atoms in total. The molecule has 1 aliphatic rings. The minimum Gasteiger partial charge on any atom is -0.356 e. The molecule has 0 saturated heterocycles. The number of halogens is 1. The van der Waals surface area contributed by atoms with Gasteiger partial charge in [-0.3, -0.25) is 4.98 Å². The zero-order valence-corrected chi connectivity index (χ0v) is 10.2. The number of aromatic nitrogens is 2. The van der Waals surface area contributed by atoms with E-state index in [0.29, 0.717) is 0 Å². The van der Waals surface area contributed by atoms with Crippen LogP contribution in [0, 0.1) is 11.3 Å². The van der Waals surface area contributed by atoms with Crippen molar-refractivity contribution in [3.8, 4) is 6.07 Å². The van der Waals surface area contributed by atoms with Crippen LogP contribution in [0.5, 0.6) is 0 Å². The number of aromatic amines is 1. The molecule has 0 aromatic carbocycles. The van der Waals surface area contributed by atoms with E-state index in [0.717, 1.165) is 40.5 Å². The summed E-state index contributed by atoms with van der Waals surface area (Å²) in [5, 5.41) is 9.27. The van der Waals surface area contributed by atoms with E-state index in [1.54, 1.807) is 6.20 Å². The molecular formula is C12H10BrN3. The molecule has 0 bridgehead atoms. The summed E-state index contributed by atoms with van der Waals surface area (Å²) < 4.78 is 0.952. The number of nitriles is 1. The van der Waals surface area contributed by atoms with Crippen molar-refractivity contribution in [1.29, 1.82) is 5.26 Å². The molecule has 80 valence electrons. The third-order valence-electron chi connectivity index (χ3n) is 3.37. The van der Waals surface area contributed by atoms with Crippen molar-refractivity contribution in [2.24, 2.45) is 0 Å². The molecule has 1 aliphatic carbocycles. The van der Waals surface area contributed by atoms with Crippen LogP contribution in [-0.4, -0.2) is 9.97 Å². The monoisotopic (exact) mass is 275 g/mol. The number of pyridine rings is 1. The third kappa shape index (κ3) is 1.28. The Balaban J connectivity index is 2.16. The standard InChI is InChI=1S/C12H10BrN3/c13-8-4-10-9(15-6-8)5-11(16-10)12(7-14)2-1-3-12/h4-6,16H,1-3H2. The van der Waals surface area contributed by atoms with Gasteiger partial charge in [-0.05, 0) is 47.3 Å². The molecule has 16 heavy (non-hydrogen) atoms. The SMILES string of the molecule is N#CC1(c2cc3ncc(Br)cc3[nH]2)CCC1. The van der Waals surface area contributed by atoms with Gasteiger partial charge in [-0.25, -0.2) is 0 Å². The first-order chi connectivity index (χ1) is 7.73. The molecule has 3 rings (SSSR count). The van der Waals surface area contributed by atoms with Gasteiger partial charge in [0.25, 0.3) is 0 Å². The van der Waals surface area contributed by atoms with E-state index in [1.807, 2.05) is 12.1 Å². The van der Waals surface area contributed by atoms with Crippen molar-refractivity contribution in [3.63, 3.8) is 0 Å². The predicted molar refractivity (Wildman–Crippen MR) is 64.9 cm³/mol. The first-order valence-corrected chi connectivity index (χ1v) is 6.09. The average molecular weight is 276 g/mol. The summed E-state index contributed by atoms with van der Waals surface area (Å²) in [5.41, 5.74) is 2.65. The third-order valence-corrected chi connectivity index (χ3v) is 3.81. The number of hydrogen-bond acceptors (Lipinski definition) is 2. The van der Waals surface area contributed by atoms with Crippen LogP contribution < -0.4 is 0 Å². The number of nitrogens with one attached hydrogen (secondary N) is 1. The van der Waals surface area contributed by atoms with Gasteiger partial charge in [0, 0.05) is 16.4 Å². The fourth-order valence-corrected chi connectivity index (χ4v) is 2.54. The minimum atomic E-state index is -0.285. The number of H-pyrrole nitrogens is 1. The predicted octanol–water partition coefficient (Wildman–Crippen LogP) is 3.27. The Kier molecular flexibility index (Phi) is 2.05. The Labute approximate surface area is 102 Å². The molecule has 0 atom stereocenters. The molecule has 0 aliphatic heterocycles. The molecular weight excluding hydrogens is 266 g/mol. The van der Waals surface area contributed by atoms with E-state index in [-0.39, 0.29) is 5.41 Å². The zero-order valence-electron chi connectivity index (χ0n) is 8.63. The topological polar surface area (TPSA) is 52.5 Å². The molecule has 0 amide bonds. The Hall–Kier alpha value is -1.34. The zero-order chi connectivity index (χ0) is 11.2. The van der Waals surface area contributed by atoms with E-state index in [1.165, 1.54) is 0 Å². The van der Waals surface area contributed by atoms with E-state index >= 15 is 0 Å². The smallest absolute Gasteiger partial charge is 0.0971 e. The van der Waals surface area contributed by atoms with E-state index in [2.05, 4.69) is 32.0 Å². The lowest BCUT2D eigenvalue weighted by atomic mass is 9.68. The Morgan fingerprint density at radius 1 is 1.44 bits per heavy atom. The Bertz CT molecular complexity index is 590. The lowest BCUT2D eigenvalue weighted by molar-refractivity contribution is 0.318. The van der Waals surface area contributed by atoms with E-state index in [4.69, 9.17) is 0 Å². The minimum absolute atomic E-state index is 0.285. The van der Waals surface area contributed by atoms with Crippen molar-refractivity contribution >= 4 is 27.0 Å². The van der Waals surface area contributed by atoms with Gasteiger partial charge in [-0.2, -0.15) is 5.26 Å². The number of fused-ring (bicyclic) bond motifs is 1. The highest BCUT2D eigenvalue weighted by Crippen LogP contribution is 2.43. The summed E-state index contributed by atoms with van der Waals surface area (Å²) in [6.07, 6.45) is 4.83. The summed E-state index contributed by atoms with van der Waals surface area (Å²) in [7, 11) is 0. The molecule has 2 aromatic heterocycles. The van der Waals surface area contributed by atoms with Crippen LogP contribution in [0.2, 0.25) is 0 Å². The maximum Gasteiger partial charge on any atom is 0.0971 e. The highest BCUT2D eigenvalue weighted by atomic mass is 79.9. The van der Waals surface area contributed by atoms with Crippen molar-refractivity contribution in [2.45, 2.75) is 24.7 Å². The fraction of sp³-hybridized carbons (Fsp3) is 0.333. The van der Waals surface area contributed by atoms with Crippen LogP contribution in [0.4, 0.5) is 0 Å². The second kappa shape index (κ2) is 3.33. The highest BCUT2D eigenvalue weighted by molar-refractivity contribution is 9.10. The van der Waals surface area contributed by atoms with Gasteiger partial charge >= 0.3 is 0 Å². The molecule has 1 fully saturated rings. The number of nitrogens with zero attached hydrogens (tertiary/aromatic N) is 2. The van der Waals surface area contributed by atoms with Gasteiger partial charge in [-0.1, -0.05) is 0 Å². The normalized spacial score (nSPS) is 18.0. The quantitative estimate of drug-likeness (QED) is 0.869. The fourth-order valence-electron chi connectivity index (χ4n) is 2.21. The van der Waals surface area contributed by atoms with Crippen LogP contribution >= 0.6 is 15.9 Å². The summed E-state index contributed by atoms with van der Waals surface area (Å²) in [5.74, 6) is 0. The number of rotatable bonds is 1. The lowest BCUT2D eigenvalue weighted by Gasteiger charge is -2.34. The van der Waals surface area contributed by atoms with E-state index < -0.39 is 0 Å². The molecule has 2 heterocycles. The van der Waals surface area contributed by atoms with Crippen molar-refractivity contribution < 1.29 is 0 Å². The molecule has 0 radical (unpaired) electrons. The van der Waals surface area contributed by atoms with Gasteiger partial charge in [0.1, 0.15) is 0 Å². The Morgan fingerprint density at radius 3 is 2.88 bits per heavy atom. The highest BCUT2D eigenvalue weighted by Gasteiger charge is 2.40. The largest absolute Gasteiger partial charge is 0.356 e. The van der Waals surface area contributed by atoms with Gasteiger partial charge in [-0.15, -0.1) is 0 Å². The maximum atomic E-state index is 9.27. The van der Waals surface area contributed by atoms with Gasteiger partial charge in [0.15, 0.2) is 0 Å². The lowest BCUT2D eigenvalue weighted by Crippen LogP contribution is -2.32. The average Bonchev–Trinajstić information content (AvgIpc) is 2.60. The van der Waals surface area contributed by atoms with Gasteiger partial charge in [0.2, 0.25) is 0 Å². The summed E-state index contributed by atoms with van der Waals surface area (Å²) in [6, 6.07) is 6.44. The molecule has 1 N–H and O–H groups in total. The second-order valence-electron chi connectivity index (χ2n) is 4.32. The van der Waals surface area contributed by atoms with Crippen LogP contribution in [0.3, 0.4) is 0 Å². The van der Waals surface area contributed by atoms with E-state index in [9.17, 15) is 5.26 Å². The van der Waals surface area contributed by atoms with Gasteiger partial charge < -0.3 is 4.98 Å². The summed E-state index contributed by atoms with van der Waals surface area (Å²) in [4.78, 5) is 7.64. The Morgan fingerprint density at radius 2 is 2.25 bits per heavy atom.